The number of aliphatic hydroxyl groups excluding tert-OH is 1. The molecule has 0 amide bonds. The van der Waals surface area contributed by atoms with Crippen LogP contribution < -0.4 is 0 Å². The molecule has 1 N–H and O–H groups in total. The Morgan fingerprint density at radius 3 is 2.92 bits per heavy atom. The van der Waals surface area contributed by atoms with Gasteiger partial charge in [-0.3, -0.25) is 0 Å². The van der Waals surface area contributed by atoms with Gasteiger partial charge in [0.1, 0.15) is 0 Å². The van der Waals surface area contributed by atoms with Gasteiger partial charge in [-0.15, -0.1) is 11.3 Å². The quantitative estimate of drug-likeness (QED) is 0.771. The van der Waals surface area contributed by atoms with Gasteiger partial charge in [0.15, 0.2) is 0 Å². The van der Waals surface area contributed by atoms with Crippen molar-refractivity contribution in [1.82, 2.24) is 0 Å². The molecule has 13 heavy (non-hydrogen) atoms. The standard InChI is InChI=1S/C11H16OS/c1-8-5-9(7-13-8)6-10-3-2-4-11(10)12/h5,7,10-12H,2-4,6H2,1H3/t10-,11+/m0/s1. The van der Waals surface area contributed by atoms with E-state index in [0.29, 0.717) is 5.92 Å². The molecule has 0 unspecified atom stereocenters. The number of aryl methyl sites for hydroxylation is 1. The van der Waals surface area contributed by atoms with E-state index < -0.39 is 0 Å². The summed E-state index contributed by atoms with van der Waals surface area (Å²) < 4.78 is 0. The third kappa shape index (κ3) is 2.12. The van der Waals surface area contributed by atoms with Gasteiger partial charge in [0.05, 0.1) is 6.10 Å². The van der Waals surface area contributed by atoms with Crippen molar-refractivity contribution in [2.75, 3.05) is 0 Å². The number of aliphatic hydroxyl groups is 1. The number of rotatable bonds is 2. The first kappa shape index (κ1) is 9.22. The zero-order chi connectivity index (χ0) is 9.26. The van der Waals surface area contributed by atoms with Gasteiger partial charge in [0.2, 0.25) is 0 Å². The highest BCUT2D eigenvalue weighted by molar-refractivity contribution is 7.10. The molecule has 2 rings (SSSR count). The van der Waals surface area contributed by atoms with Crippen LogP contribution in [0.1, 0.15) is 29.7 Å². The average Bonchev–Trinajstić information content (AvgIpc) is 2.64. The molecule has 1 heterocycles. The van der Waals surface area contributed by atoms with E-state index in [9.17, 15) is 5.11 Å². The Balaban J connectivity index is 1.97. The van der Waals surface area contributed by atoms with Crippen LogP contribution >= 0.6 is 11.3 Å². The second kappa shape index (κ2) is 3.81. The maximum Gasteiger partial charge on any atom is 0.0571 e. The lowest BCUT2D eigenvalue weighted by Crippen LogP contribution is -2.14. The highest BCUT2D eigenvalue weighted by atomic mass is 32.1. The van der Waals surface area contributed by atoms with Crippen molar-refractivity contribution in [1.29, 1.82) is 0 Å². The van der Waals surface area contributed by atoms with Crippen LogP contribution in [0.2, 0.25) is 0 Å². The van der Waals surface area contributed by atoms with Crippen LogP contribution in [-0.4, -0.2) is 11.2 Å². The molecular formula is C11H16OS. The Hall–Kier alpha value is -0.340. The lowest BCUT2D eigenvalue weighted by atomic mass is 9.98. The molecule has 0 saturated heterocycles. The van der Waals surface area contributed by atoms with E-state index in [1.54, 1.807) is 0 Å². The molecule has 72 valence electrons. The highest BCUT2D eigenvalue weighted by Crippen LogP contribution is 2.29. The first-order valence-corrected chi connectivity index (χ1v) is 5.86. The first-order chi connectivity index (χ1) is 6.25. The van der Waals surface area contributed by atoms with E-state index in [1.807, 2.05) is 11.3 Å². The summed E-state index contributed by atoms with van der Waals surface area (Å²) in [6.45, 7) is 2.14. The smallest absolute Gasteiger partial charge is 0.0571 e. The van der Waals surface area contributed by atoms with Crippen LogP contribution in [0.15, 0.2) is 11.4 Å². The van der Waals surface area contributed by atoms with Crippen molar-refractivity contribution in [3.8, 4) is 0 Å². The molecule has 2 atom stereocenters. The summed E-state index contributed by atoms with van der Waals surface area (Å²) in [6, 6.07) is 2.25. The average molecular weight is 196 g/mol. The van der Waals surface area contributed by atoms with Crippen LogP contribution in [-0.2, 0) is 6.42 Å². The minimum atomic E-state index is -0.0415. The van der Waals surface area contributed by atoms with Crippen molar-refractivity contribution < 1.29 is 5.11 Å². The molecule has 2 heteroatoms. The molecule has 1 fully saturated rings. The summed E-state index contributed by atoms with van der Waals surface area (Å²) in [5.41, 5.74) is 1.41. The summed E-state index contributed by atoms with van der Waals surface area (Å²) in [7, 11) is 0. The first-order valence-electron chi connectivity index (χ1n) is 4.98. The van der Waals surface area contributed by atoms with E-state index in [0.717, 1.165) is 12.8 Å². The Labute approximate surface area is 83.4 Å². The van der Waals surface area contributed by atoms with Crippen LogP contribution in [0.4, 0.5) is 0 Å². The van der Waals surface area contributed by atoms with Gasteiger partial charge in [-0.2, -0.15) is 0 Å². The second-order valence-corrected chi connectivity index (χ2v) is 5.14. The maximum absolute atomic E-state index is 9.66. The number of thiophene rings is 1. The van der Waals surface area contributed by atoms with E-state index in [1.165, 1.54) is 23.3 Å². The van der Waals surface area contributed by atoms with Crippen LogP contribution in [0.25, 0.3) is 0 Å². The molecule has 1 aromatic heterocycles. The Morgan fingerprint density at radius 1 is 1.54 bits per heavy atom. The predicted molar refractivity (Wildman–Crippen MR) is 56.1 cm³/mol. The third-order valence-electron chi connectivity index (χ3n) is 2.90. The van der Waals surface area contributed by atoms with E-state index in [2.05, 4.69) is 18.4 Å². The fraction of sp³-hybridized carbons (Fsp3) is 0.636. The Kier molecular flexibility index (Phi) is 2.70. The molecule has 1 aromatic rings. The topological polar surface area (TPSA) is 20.2 Å². The minimum absolute atomic E-state index is 0.0415. The fourth-order valence-electron chi connectivity index (χ4n) is 2.16. The highest BCUT2D eigenvalue weighted by Gasteiger charge is 2.25. The Bertz CT molecular complexity index is 279. The zero-order valence-corrected chi connectivity index (χ0v) is 8.81. The largest absolute Gasteiger partial charge is 0.393 e. The zero-order valence-electron chi connectivity index (χ0n) is 7.99. The van der Waals surface area contributed by atoms with Crippen LogP contribution in [0, 0.1) is 12.8 Å². The van der Waals surface area contributed by atoms with E-state index >= 15 is 0 Å². The molecular weight excluding hydrogens is 180 g/mol. The van der Waals surface area contributed by atoms with Gasteiger partial charge in [0.25, 0.3) is 0 Å². The fourth-order valence-corrected chi connectivity index (χ4v) is 2.88. The van der Waals surface area contributed by atoms with Crippen molar-refractivity contribution in [2.24, 2.45) is 5.92 Å². The second-order valence-electron chi connectivity index (χ2n) is 4.03. The van der Waals surface area contributed by atoms with Gasteiger partial charge in [0, 0.05) is 4.88 Å². The molecule has 0 radical (unpaired) electrons. The van der Waals surface area contributed by atoms with E-state index in [4.69, 9.17) is 0 Å². The van der Waals surface area contributed by atoms with Gasteiger partial charge in [-0.25, -0.2) is 0 Å². The van der Waals surface area contributed by atoms with Crippen LogP contribution in [0.5, 0.6) is 0 Å². The Morgan fingerprint density at radius 2 is 2.38 bits per heavy atom. The summed E-state index contributed by atoms with van der Waals surface area (Å²) in [6.07, 6.45) is 4.45. The molecule has 1 saturated carbocycles. The molecule has 1 nitrogen and oxygen atoms in total. The lowest BCUT2D eigenvalue weighted by Gasteiger charge is -2.12. The summed E-state index contributed by atoms with van der Waals surface area (Å²) in [4.78, 5) is 1.38. The predicted octanol–water partition coefficient (Wildman–Crippen LogP) is 2.76. The van der Waals surface area contributed by atoms with Crippen molar-refractivity contribution in [3.63, 3.8) is 0 Å². The van der Waals surface area contributed by atoms with Crippen molar-refractivity contribution in [2.45, 2.75) is 38.7 Å². The van der Waals surface area contributed by atoms with Gasteiger partial charge in [-0.05, 0) is 49.1 Å². The van der Waals surface area contributed by atoms with Gasteiger partial charge < -0.3 is 5.11 Å². The van der Waals surface area contributed by atoms with Crippen molar-refractivity contribution >= 4 is 11.3 Å². The summed E-state index contributed by atoms with van der Waals surface area (Å²) in [5, 5.41) is 11.9. The molecule has 0 aliphatic heterocycles. The number of hydrogen-bond acceptors (Lipinski definition) is 2. The summed E-state index contributed by atoms with van der Waals surface area (Å²) >= 11 is 1.81. The van der Waals surface area contributed by atoms with E-state index in [-0.39, 0.29) is 6.10 Å². The molecule has 0 bridgehead atoms. The minimum Gasteiger partial charge on any atom is -0.393 e. The monoisotopic (exact) mass is 196 g/mol. The molecule has 0 spiro atoms. The molecule has 0 aromatic carbocycles. The molecule has 1 aliphatic carbocycles. The third-order valence-corrected chi connectivity index (χ3v) is 3.81. The number of hydrogen-bond donors (Lipinski definition) is 1. The van der Waals surface area contributed by atoms with Gasteiger partial charge >= 0.3 is 0 Å². The van der Waals surface area contributed by atoms with Gasteiger partial charge in [-0.1, -0.05) is 6.42 Å². The lowest BCUT2D eigenvalue weighted by molar-refractivity contribution is 0.133. The summed E-state index contributed by atoms with van der Waals surface area (Å²) in [5.74, 6) is 0.522. The molecule has 1 aliphatic rings. The SMILES string of the molecule is Cc1cc(C[C@@H]2CCC[C@H]2O)cs1. The van der Waals surface area contributed by atoms with Crippen LogP contribution in [0.3, 0.4) is 0 Å². The maximum atomic E-state index is 9.66. The normalized spacial score (nSPS) is 28.2. The van der Waals surface area contributed by atoms with Crippen molar-refractivity contribution in [3.05, 3.63) is 21.9 Å².